The maximum Gasteiger partial charge on any atom is 0.343 e. The fourth-order valence-electron chi connectivity index (χ4n) is 2.90. The van der Waals surface area contributed by atoms with Crippen LogP contribution in [-0.2, 0) is 9.59 Å². The third-order valence-corrected chi connectivity index (χ3v) is 4.29. The molecule has 0 aliphatic carbocycles. The van der Waals surface area contributed by atoms with E-state index in [-0.39, 0.29) is 25.4 Å². The summed E-state index contributed by atoms with van der Waals surface area (Å²) in [5.74, 6) is -2.39. The van der Waals surface area contributed by atoms with Crippen molar-refractivity contribution in [1.82, 2.24) is 9.80 Å². The number of carboxylic acid groups (broad SMARTS) is 1. The van der Waals surface area contributed by atoms with Gasteiger partial charge in [-0.1, -0.05) is 24.8 Å². The zero-order chi connectivity index (χ0) is 16.8. The normalized spacial score (nSPS) is 23.3. The van der Waals surface area contributed by atoms with E-state index in [2.05, 4.69) is 6.58 Å². The Morgan fingerprint density at radius 1 is 1.30 bits per heavy atom. The van der Waals surface area contributed by atoms with Crippen LogP contribution in [-0.4, -0.2) is 58.0 Å². The van der Waals surface area contributed by atoms with Crippen molar-refractivity contribution in [2.24, 2.45) is 0 Å². The van der Waals surface area contributed by atoms with Gasteiger partial charge < -0.3 is 10.0 Å². The molecule has 120 valence electrons. The van der Waals surface area contributed by atoms with Crippen LogP contribution in [0.1, 0.15) is 22.3 Å². The molecule has 7 heteroatoms. The molecule has 0 radical (unpaired) electrons. The van der Waals surface area contributed by atoms with Crippen molar-refractivity contribution in [3.8, 4) is 0 Å². The lowest BCUT2D eigenvalue weighted by Gasteiger charge is -2.22. The monoisotopic (exact) mass is 318 g/mol. The summed E-state index contributed by atoms with van der Waals surface area (Å²) in [6.07, 6.45) is -0.247. The van der Waals surface area contributed by atoms with E-state index >= 15 is 0 Å². The van der Waals surface area contributed by atoms with Crippen LogP contribution in [0.5, 0.6) is 0 Å². The zero-order valence-corrected chi connectivity index (χ0v) is 12.3. The number of carbonyl (C=O) groups excluding carboxylic acids is 2. The van der Waals surface area contributed by atoms with Gasteiger partial charge in [-0.15, -0.1) is 0 Å². The van der Waals surface area contributed by atoms with Gasteiger partial charge in [-0.25, -0.2) is 9.18 Å². The first kappa shape index (κ1) is 15.2. The van der Waals surface area contributed by atoms with E-state index in [1.807, 2.05) is 0 Å². The van der Waals surface area contributed by atoms with Gasteiger partial charge in [0, 0.05) is 29.8 Å². The largest absolute Gasteiger partial charge is 0.479 e. The number of amides is 2. The number of nitrogens with zero attached hydrogens (tertiary/aromatic N) is 2. The zero-order valence-electron chi connectivity index (χ0n) is 12.3. The summed E-state index contributed by atoms with van der Waals surface area (Å²) in [5.41, 5.74) is -0.859. The van der Waals surface area contributed by atoms with Crippen molar-refractivity contribution in [2.75, 3.05) is 19.6 Å². The quantitative estimate of drug-likeness (QED) is 0.906. The molecule has 6 nitrogen and oxygen atoms in total. The summed E-state index contributed by atoms with van der Waals surface area (Å²) in [5, 5.41) is 8.87. The molecule has 1 aromatic rings. The third-order valence-electron chi connectivity index (χ3n) is 4.29. The van der Waals surface area contributed by atoms with Gasteiger partial charge in [0.1, 0.15) is 6.54 Å². The van der Waals surface area contributed by atoms with Gasteiger partial charge in [0.2, 0.25) is 11.6 Å². The molecule has 1 unspecified atom stereocenters. The summed E-state index contributed by atoms with van der Waals surface area (Å²) in [6, 6.07) is 6.89. The van der Waals surface area contributed by atoms with Crippen LogP contribution in [0, 0.1) is 0 Å². The topological polar surface area (TPSA) is 77.9 Å². The van der Waals surface area contributed by atoms with Crippen molar-refractivity contribution < 1.29 is 23.9 Å². The second-order valence-electron chi connectivity index (χ2n) is 5.72. The molecule has 2 aliphatic heterocycles. The number of likely N-dealkylation sites (tertiary alicyclic amines) is 1. The Hall–Kier alpha value is -2.70. The molecule has 0 bridgehead atoms. The minimum absolute atomic E-state index is 0.0170. The fraction of sp³-hybridized carbons (Fsp3) is 0.312. The molecule has 2 heterocycles. The average Bonchev–Trinajstić information content (AvgIpc) is 3.04. The number of alkyl halides is 1. The van der Waals surface area contributed by atoms with Crippen LogP contribution in [0.25, 0.3) is 5.70 Å². The third kappa shape index (κ3) is 2.38. The number of carboxylic acids is 1. The van der Waals surface area contributed by atoms with Crippen molar-refractivity contribution in [3.05, 3.63) is 42.0 Å². The van der Waals surface area contributed by atoms with Crippen LogP contribution in [0.15, 0.2) is 30.8 Å². The molecule has 1 saturated heterocycles. The highest BCUT2D eigenvalue weighted by atomic mass is 19.1. The maximum atomic E-state index is 14.0. The number of halogens is 1. The molecule has 2 aliphatic rings. The highest BCUT2D eigenvalue weighted by molar-refractivity contribution is 6.10. The lowest BCUT2D eigenvalue weighted by Crippen LogP contribution is -2.42. The van der Waals surface area contributed by atoms with Gasteiger partial charge in [0.05, 0.1) is 6.54 Å². The average molecular weight is 318 g/mol. The molecule has 0 aromatic heterocycles. The smallest absolute Gasteiger partial charge is 0.343 e. The number of fused-ring (bicyclic) bond motifs is 1. The second kappa shape index (κ2) is 5.19. The predicted octanol–water partition coefficient (Wildman–Crippen LogP) is 1.14. The Balaban J connectivity index is 1.72. The van der Waals surface area contributed by atoms with Crippen molar-refractivity contribution in [3.63, 3.8) is 0 Å². The molecule has 0 saturated carbocycles. The lowest BCUT2D eigenvalue weighted by atomic mass is 10.1. The lowest BCUT2D eigenvalue weighted by molar-refractivity contribution is -0.150. The molecule has 1 aromatic carbocycles. The molecule has 1 fully saturated rings. The number of hydrogen-bond donors (Lipinski definition) is 1. The molecule has 2 amide bonds. The van der Waals surface area contributed by atoms with Gasteiger partial charge in [0.15, 0.2) is 0 Å². The Bertz CT molecular complexity index is 698. The van der Waals surface area contributed by atoms with E-state index in [0.717, 1.165) is 4.90 Å². The van der Waals surface area contributed by atoms with Crippen LogP contribution in [0.2, 0.25) is 0 Å². The molecule has 1 N–H and O–H groups in total. The maximum absolute atomic E-state index is 14.0. The van der Waals surface area contributed by atoms with Crippen molar-refractivity contribution in [2.45, 2.75) is 12.1 Å². The van der Waals surface area contributed by atoms with E-state index in [9.17, 15) is 18.8 Å². The minimum atomic E-state index is -2.41. The van der Waals surface area contributed by atoms with Gasteiger partial charge in [-0.2, -0.15) is 0 Å². The number of benzene rings is 1. The fourth-order valence-corrected chi connectivity index (χ4v) is 2.90. The molecule has 23 heavy (non-hydrogen) atoms. The first-order valence-corrected chi connectivity index (χ1v) is 7.14. The van der Waals surface area contributed by atoms with Gasteiger partial charge in [-0.3, -0.25) is 14.5 Å². The molecular weight excluding hydrogens is 303 g/mol. The van der Waals surface area contributed by atoms with Crippen molar-refractivity contribution in [1.29, 1.82) is 0 Å². The van der Waals surface area contributed by atoms with Gasteiger partial charge in [0.25, 0.3) is 5.91 Å². The molecule has 3 rings (SSSR count). The summed E-state index contributed by atoms with van der Waals surface area (Å²) in [6.45, 7) is 3.07. The van der Waals surface area contributed by atoms with E-state index in [0.29, 0.717) is 16.8 Å². The number of carbonyl (C=O) groups is 3. The first-order valence-electron chi connectivity index (χ1n) is 7.14. The Morgan fingerprint density at radius 3 is 2.52 bits per heavy atom. The van der Waals surface area contributed by atoms with Gasteiger partial charge in [-0.05, 0) is 6.07 Å². The standard InChI is InChI=1S/C16H15FN2O4/c1-10-11-4-2-3-5-12(11)14(21)19(10)8-13(20)18-7-6-16(17,9-18)15(22)23/h2-5H,1,6-9H2,(H,22,23). The minimum Gasteiger partial charge on any atom is -0.479 e. The number of hydrogen-bond acceptors (Lipinski definition) is 3. The highest BCUT2D eigenvalue weighted by Gasteiger charge is 2.47. The van der Waals surface area contributed by atoms with E-state index in [1.54, 1.807) is 24.3 Å². The summed E-state index contributed by atoms with van der Waals surface area (Å²) in [4.78, 5) is 37.9. The van der Waals surface area contributed by atoms with E-state index in [1.165, 1.54) is 4.90 Å². The molecule has 0 spiro atoms. The Morgan fingerprint density at radius 2 is 1.96 bits per heavy atom. The van der Waals surface area contributed by atoms with E-state index < -0.39 is 24.1 Å². The second-order valence-corrected chi connectivity index (χ2v) is 5.72. The Kier molecular flexibility index (Phi) is 3.43. The summed E-state index contributed by atoms with van der Waals surface area (Å²) >= 11 is 0. The predicted molar refractivity (Wildman–Crippen MR) is 79.2 cm³/mol. The number of aliphatic carboxylic acids is 1. The van der Waals surface area contributed by atoms with E-state index in [4.69, 9.17) is 5.11 Å². The summed E-state index contributed by atoms with van der Waals surface area (Å²) in [7, 11) is 0. The van der Waals surface area contributed by atoms with Crippen LogP contribution >= 0.6 is 0 Å². The molecule has 1 atom stereocenters. The van der Waals surface area contributed by atoms with Crippen LogP contribution in [0.3, 0.4) is 0 Å². The highest BCUT2D eigenvalue weighted by Crippen LogP contribution is 2.32. The Labute approximate surface area is 131 Å². The number of rotatable bonds is 3. The SMILES string of the molecule is C=C1c2ccccc2C(=O)N1CC(=O)N1CCC(F)(C(=O)O)C1. The van der Waals surface area contributed by atoms with Crippen molar-refractivity contribution >= 4 is 23.5 Å². The van der Waals surface area contributed by atoms with Crippen LogP contribution < -0.4 is 0 Å². The van der Waals surface area contributed by atoms with Crippen LogP contribution in [0.4, 0.5) is 4.39 Å². The summed E-state index contributed by atoms with van der Waals surface area (Å²) < 4.78 is 14.0. The molecular formula is C16H15FN2O4. The van der Waals surface area contributed by atoms with Gasteiger partial charge >= 0.3 is 5.97 Å². The first-order chi connectivity index (χ1) is 10.8.